The summed E-state index contributed by atoms with van der Waals surface area (Å²) < 4.78 is 0.977. The molecule has 2 N–H and O–H groups in total. The van der Waals surface area contributed by atoms with E-state index in [-0.39, 0.29) is 5.91 Å². The molecule has 1 amide bonds. The molecule has 5 heteroatoms. The lowest BCUT2D eigenvalue weighted by atomic mass is 10.1. The van der Waals surface area contributed by atoms with E-state index in [2.05, 4.69) is 0 Å². The van der Waals surface area contributed by atoms with Crippen LogP contribution in [-0.4, -0.2) is 23.9 Å². The summed E-state index contributed by atoms with van der Waals surface area (Å²) in [5.74, 6) is 0.0504. The third-order valence-corrected chi connectivity index (χ3v) is 5.01. The van der Waals surface area contributed by atoms with Gasteiger partial charge in [-0.05, 0) is 31.4 Å². The smallest absolute Gasteiger partial charge is 0.266 e. The molecule has 1 saturated heterocycles. The summed E-state index contributed by atoms with van der Waals surface area (Å²) in [7, 11) is 0. The third kappa shape index (κ3) is 2.19. The van der Waals surface area contributed by atoms with Crippen LogP contribution in [0.4, 0.5) is 5.69 Å². The molecular weight excluding hydrogens is 280 g/mol. The molecule has 0 unspecified atom stereocenters. The van der Waals surface area contributed by atoms with E-state index < -0.39 is 0 Å². The van der Waals surface area contributed by atoms with Crippen molar-refractivity contribution in [2.45, 2.75) is 19.3 Å². The van der Waals surface area contributed by atoms with E-state index in [1.807, 2.05) is 23.1 Å². The Kier molecular flexibility index (Phi) is 3.37. The average molecular weight is 295 g/mol. The molecule has 3 nitrogen and oxygen atoms in total. The number of amides is 1. The zero-order chi connectivity index (χ0) is 13.4. The Labute approximate surface area is 121 Å². The molecular formula is C14H15ClN2OS. The first kappa shape index (κ1) is 12.8. The van der Waals surface area contributed by atoms with Gasteiger partial charge in [0.15, 0.2) is 0 Å². The molecule has 0 spiro atoms. The van der Waals surface area contributed by atoms with Gasteiger partial charge in [-0.15, -0.1) is 11.3 Å². The number of likely N-dealkylation sites (tertiary alicyclic amines) is 1. The molecule has 1 aromatic carbocycles. The minimum Gasteiger partial charge on any atom is -0.397 e. The number of nitrogens with zero attached hydrogens (tertiary/aromatic N) is 1. The lowest BCUT2D eigenvalue weighted by Crippen LogP contribution is -2.35. The van der Waals surface area contributed by atoms with Crippen molar-refractivity contribution in [3.63, 3.8) is 0 Å². The van der Waals surface area contributed by atoms with E-state index in [9.17, 15) is 4.79 Å². The van der Waals surface area contributed by atoms with Gasteiger partial charge >= 0.3 is 0 Å². The topological polar surface area (TPSA) is 46.3 Å². The summed E-state index contributed by atoms with van der Waals surface area (Å²) in [5, 5.41) is 1.43. The number of anilines is 1. The number of fused-ring (bicyclic) bond motifs is 1. The molecule has 0 radical (unpaired) electrons. The van der Waals surface area contributed by atoms with Crippen LogP contribution < -0.4 is 5.73 Å². The molecule has 2 heterocycles. The van der Waals surface area contributed by atoms with Crippen molar-refractivity contribution in [2.75, 3.05) is 18.8 Å². The summed E-state index contributed by atoms with van der Waals surface area (Å²) >= 11 is 7.61. The summed E-state index contributed by atoms with van der Waals surface area (Å²) in [6, 6.07) is 5.65. The number of rotatable bonds is 1. The number of halogens is 1. The van der Waals surface area contributed by atoms with Crippen molar-refractivity contribution >= 4 is 44.6 Å². The second-order valence-electron chi connectivity index (χ2n) is 4.81. The average Bonchev–Trinajstić information content (AvgIpc) is 2.78. The maximum Gasteiger partial charge on any atom is 0.266 e. The molecule has 1 fully saturated rings. The fraction of sp³-hybridized carbons (Fsp3) is 0.357. The zero-order valence-corrected chi connectivity index (χ0v) is 12.1. The fourth-order valence-corrected chi connectivity index (χ4v) is 3.98. The van der Waals surface area contributed by atoms with Crippen LogP contribution in [0.2, 0.25) is 5.02 Å². The number of hydrogen-bond acceptors (Lipinski definition) is 3. The normalized spacial score (nSPS) is 15.9. The van der Waals surface area contributed by atoms with E-state index in [0.29, 0.717) is 15.6 Å². The van der Waals surface area contributed by atoms with Gasteiger partial charge in [0.1, 0.15) is 4.88 Å². The second kappa shape index (κ2) is 5.02. The van der Waals surface area contributed by atoms with E-state index >= 15 is 0 Å². The van der Waals surface area contributed by atoms with Crippen LogP contribution in [0.25, 0.3) is 10.1 Å². The quantitative estimate of drug-likeness (QED) is 0.870. The van der Waals surface area contributed by atoms with Crippen LogP contribution >= 0.6 is 22.9 Å². The van der Waals surface area contributed by atoms with Crippen LogP contribution in [-0.2, 0) is 0 Å². The Bertz CT molecular complexity index is 632. The van der Waals surface area contributed by atoms with Gasteiger partial charge in [-0.1, -0.05) is 17.7 Å². The number of nitrogen functional groups attached to an aromatic ring is 1. The van der Waals surface area contributed by atoms with Crippen molar-refractivity contribution in [1.29, 1.82) is 0 Å². The molecule has 0 saturated carbocycles. The second-order valence-corrected chi connectivity index (χ2v) is 6.27. The SMILES string of the molecule is Nc1c(C(=O)N2CCCCC2)sc2cccc(Cl)c12. The van der Waals surface area contributed by atoms with Gasteiger partial charge in [-0.2, -0.15) is 0 Å². The maximum atomic E-state index is 12.5. The first-order valence-electron chi connectivity index (χ1n) is 6.44. The lowest BCUT2D eigenvalue weighted by Gasteiger charge is -2.26. The highest BCUT2D eigenvalue weighted by Gasteiger charge is 2.24. The van der Waals surface area contributed by atoms with Crippen LogP contribution in [0.15, 0.2) is 18.2 Å². The van der Waals surface area contributed by atoms with Gasteiger partial charge in [-0.3, -0.25) is 4.79 Å². The van der Waals surface area contributed by atoms with Crippen molar-refractivity contribution in [1.82, 2.24) is 4.90 Å². The lowest BCUT2D eigenvalue weighted by molar-refractivity contribution is 0.0730. The number of benzene rings is 1. The maximum absolute atomic E-state index is 12.5. The highest BCUT2D eigenvalue weighted by Crippen LogP contribution is 2.38. The number of nitrogens with two attached hydrogens (primary N) is 1. The van der Waals surface area contributed by atoms with E-state index in [0.717, 1.165) is 36.0 Å². The van der Waals surface area contributed by atoms with Crippen LogP contribution in [0.5, 0.6) is 0 Å². The van der Waals surface area contributed by atoms with Gasteiger partial charge in [0.25, 0.3) is 5.91 Å². The molecule has 1 aromatic heterocycles. The van der Waals surface area contributed by atoms with Gasteiger partial charge in [-0.25, -0.2) is 0 Å². The molecule has 0 atom stereocenters. The van der Waals surface area contributed by atoms with Crippen molar-refractivity contribution in [3.05, 3.63) is 28.1 Å². The predicted molar refractivity (Wildman–Crippen MR) is 81.0 cm³/mol. The number of hydrogen-bond donors (Lipinski definition) is 1. The van der Waals surface area contributed by atoms with Gasteiger partial charge < -0.3 is 10.6 Å². The molecule has 100 valence electrons. The van der Waals surface area contributed by atoms with E-state index in [4.69, 9.17) is 17.3 Å². The van der Waals surface area contributed by atoms with Crippen molar-refractivity contribution < 1.29 is 4.79 Å². The largest absolute Gasteiger partial charge is 0.397 e. The fourth-order valence-electron chi connectivity index (χ4n) is 2.53. The monoisotopic (exact) mass is 294 g/mol. The summed E-state index contributed by atoms with van der Waals surface area (Å²) in [6.07, 6.45) is 3.37. The van der Waals surface area contributed by atoms with Crippen LogP contribution in [0, 0.1) is 0 Å². The number of carbonyl (C=O) groups is 1. The molecule has 2 aromatic rings. The molecule has 1 aliphatic rings. The minimum atomic E-state index is 0.0504. The Morgan fingerprint density at radius 3 is 2.68 bits per heavy atom. The van der Waals surface area contributed by atoms with Gasteiger partial charge in [0.2, 0.25) is 0 Å². The van der Waals surface area contributed by atoms with Crippen LogP contribution in [0.1, 0.15) is 28.9 Å². The number of thiophene rings is 1. The number of carbonyl (C=O) groups excluding carboxylic acids is 1. The molecule has 3 rings (SSSR count). The minimum absolute atomic E-state index is 0.0504. The highest BCUT2D eigenvalue weighted by atomic mass is 35.5. The third-order valence-electron chi connectivity index (χ3n) is 3.54. The first-order chi connectivity index (χ1) is 9.18. The van der Waals surface area contributed by atoms with Crippen molar-refractivity contribution in [3.8, 4) is 0 Å². The number of piperidine rings is 1. The Morgan fingerprint density at radius 2 is 2.00 bits per heavy atom. The predicted octanol–water partition coefficient (Wildman–Crippen LogP) is 3.76. The Hall–Kier alpha value is -1.26. The van der Waals surface area contributed by atoms with Crippen LogP contribution in [0.3, 0.4) is 0 Å². The highest BCUT2D eigenvalue weighted by molar-refractivity contribution is 7.21. The molecule has 0 bridgehead atoms. The van der Waals surface area contributed by atoms with Gasteiger partial charge in [0, 0.05) is 23.2 Å². The van der Waals surface area contributed by atoms with Crippen molar-refractivity contribution in [2.24, 2.45) is 0 Å². The first-order valence-corrected chi connectivity index (χ1v) is 7.63. The molecule has 0 aliphatic carbocycles. The standard InChI is InChI=1S/C14H15ClN2OS/c15-9-5-4-6-10-11(9)12(16)13(19-10)14(18)17-7-2-1-3-8-17/h4-6H,1-3,7-8,16H2. The summed E-state index contributed by atoms with van der Waals surface area (Å²) in [4.78, 5) is 15.0. The van der Waals surface area contributed by atoms with E-state index in [1.54, 1.807) is 0 Å². The molecule has 1 aliphatic heterocycles. The Balaban J connectivity index is 2.03. The summed E-state index contributed by atoms with van der Waals surface area (Å²) in [5.41, 5.74) is 6.65. The zero-order valence-electron chi connectivity index (χ0n) is 10.5. The Morgan fingerprint density at radius 1 is 1.26 bits per heavy atom. The van der Waals surface area contributed by atoms with E-state index in [1.165, 1.54) is 17.8 Å². The molecule has 19 heavy (non-hydrogen) atoms. The van der Waals surface area contributed by atoms with Gasteiger partial charge in [0.05, 0.1) is 10.7 Å². The summed E-state index contributed by atoms with van der Waals surface area (Å²) in [6.45, 7) is 1.67.